The highest BCUT2D eigenvalue weighted by Gasteiger charge is 2.62. The summed E-state index contributed by atoms with van der Waals surface area (Å²) in [5.41, 5.74) is 4.22. The number of benzene rings is 1. The van der Waals surface area contributed by atoms with Gasteiger partial charge >= 0.3 is 0 Å². The van der Waals surface area contributed by atoms with Crippen molar-refractivity contribution in [2.45, 2.75) is 83.2 Å². The first-order valence-electron chi connectivity index (χ1n) is 13.0. The van der Waals surface area contributed by atoms with Crippen LogP contribution in [0, 0.1) is 29.1 Å². The molecule has 2 fully saturated rings. The Morgan fingerprint density at radius 2 is 2.00 bits per heavy atom. The number of allylic oxidation sites excluding steroid dienone is 4. The maximum Gasteiger partial charge on any atom is 0.231 e. The molecule has 6 rings (SSSR count). The Labute approximate surface area is 202 Å². The van der Waals surface area contributed by atoms with E-state index in [1.807, 2.05) is 12.1 Å². The van der Waals surface area contributed by atoms with Crippen LogP contribution in [0.4, 0.5) is 0 Å². The summed E-state index contributed by atoms with van der Waals surface area (Å²) < 4.78 is 11.3. The van der Waals surface area contributed by atoms with Crippen molar-refractivity contribution in [2.24, 2.45) is 17.3 Å². The zero-order valence-corrected chi connectivity index (χ0v) is 20.3. The van der Waals surface area contributed by atoms with Gasteiger partial charge in [0.15, 0.2) is 17.3 Å². The molecular formula is C30H34O4. The molecule has 5 unspecified atom stereocenters. The number of fused-ring (bicyclic) bond motifs is 5. The summed E-state index contributed by atoms with van der Waals surface area (Å²) in [6.07, 6.45) is 9.86. The summed E-state index contributed by atoms with van der Waals surface area (Å²) >= 11 is 0. The lowest BCUT2D eigenvalue weighted by atomic mass is 9.51. The Hall–Kier alpha value is -2.51. The molecule has 4 nitrogen and oxygen atoms in total. The summed E-state index contributed by atoms with van der Waals surface area (Å²) in [6.45, 7) is 4.69. The zero-order valence-electron chi connectivity index (χ0n) is 20.3. The Balaban J connectivity index is 1.50. The predicted molar refractivity (Wildman–Crippen MR) is 130 cm³/mol. The van der Waals surface area contributed by atoms with Crippen molar-refractivity contribution in [1.29, 1.82) is 0 Å². The monoisotopic (exact) mass is 458 g/mol. The third-order valence-corrected chi connectivity index (χ3v) is 9.36. The number of unbranched alkanes of at least 4 members (excludes halogenated alkanes) is 1. The van der Waals surface area contributed by atoms with E-state index < -0.39 is 5.60 Å². The molecule has 0 bridgehead atoms. The molecule has 4 heteroatoms. The van der Waals surface area contributed by atoms with Crippen LogP contribution in [0.3, 0.4) is 0 Å². The van der Waals surface area contributed by atoms with Gasteiger partial charge in [-0.25, -0.2) is 0 Å². The largest absolute Gasteiger partial charge is 0.454 e. The summed E-state index contributed by atoms with van der Waals surface area (Å²) in [5.74, 6) is 9.55. The molecule has 1 N–H and O–H groups in total. The second-order valence-corrected chi connectivity index (χ2v) is 11.1. The SMILES string of the molecule is CCCC#CC1(O)CCC2C3CCC4=CC(=O)CCC4=C3C(c3ccc4c(c3)OCO4)CC21C. The number of rotatable bonds is 2. The highest BCUT2D eigenvalue weighted by Crippen LogP contribution is 2.66. The van der Waals surface area contributed by atoms with Crippen LogP contribution in [0.2, 0.25) is 0 Å². The van der Waals surface area contributed by atoms with Crippen LogP contribution in [-0.4, -0.2) is 23.3 Å². The van der Waals surface area contributed by atoms with Gasteiger partial charge in [0, 0.05) is 24.2 Å². The molecule has 0 spiro atoms. The Morgan fingerprint density at radius 3 is 2.85 bits per heavy atom. The molecule has 1 aromatic carbocycles. The normalized spacial score (nSPS) is 35.7. The fraction of sp³-hybridized carbons (Fsp3) is 0.567. The molecule has 2 saturated carbocycles. The second kappa shape index (κ2) is 8.02. The van der Waals surface area contributed by atoms with E-state index in [0.717, 1.165) is 62.9 Å². The average Bonchev–Trinajstić information content (AvgIpc) is 3.40. The van der Waals surface area contributed by atoms with Gasteiger partial charge < -0.3 is 14.6 Å². The number of ketones is 1. The minimum Gasteiger partial charge on any atom is -0.454 e. The third-order valence-electron chi connectivity index (χ3n) is 9.36. The van der Waals surface area contributed by atoms with Crippen molar-refractivity contribution >= 4 is 5.78 Å². The van der Waals surface area contributed by atoms with Crippen molar-refractivity contribution < 1.29 is 19.4 Å². The number of carbonyl (C=O) groups is 1. The van der Waals surface area contributed by atoms with E-state index in [0.29, 0.717) is 18.3 Å². The van der Waals surface area contributed by atoms with Crippen LogP contribution in [0.15, 0.2) is 41.0 Å². The number of aliphatic hydroxyl groups is 1. The number of hydrogen-bond donors (Lipinski definition) is 1. The van der Waals surface area contributed by atoms with Crippen LogP contribution in [0.1, 0.15) is 83.1 Å². The number of hydrogen-bond acceptors (Lipinski definition) is 4. The van der Waals surface area contributed by atoms with Crippen LogP contribution in [0.25, 0.3) is 0 Å². The lowest BCUT2D eigenvalue weighted by Gasteiger charge is -2.53. The first-order valence-corrected chi connectivity index (χ1v) is 13.0. The number of carbonyl (C=O) groups excluding carboxylic acids is 1. The molecule has 178 valence electrons. The molecule has 0 radical (unpaired) electrons. The maximum atomic E-state index is 12.2. The van der Waals surface area contributed by atoms with Gasteiger partial charge in [-0.15, -0.1) is 5.92 Å². The van der Waals surface area contributed by atoms with Gasteiger partial charge in [-0.1, -0.05) is 31.4 Å². The highest BCUT2D eigenvalue weighted by atomic mass is 16.7. The van der Waals surface area contributed by atoms with E-state index in [1.165, 1.54) is 22.3 Å². The van der Waals surface area contributed by atoms with E-state index >= 15 is 0 Å². The smallest absolute Gasteiger partial charge is 0.231 e. The zero-order chi connectivity index (χ0) is 23.5. The summed E-state index contributed by atoms with van der Waals surface area (Å²) in [5, 5.41) is 12.0. The predicted octanol–water partition coefficient (Wildman–Crippen LogP) is 5.85. The first kappa shape index (κ1) is 22.0. The average molecular weight is 459 g/mol. The fourth-order valence-corrected chi connectivity index (χ4v) is 7.63. The van der Waals surface area contributed by atoms with Crippen LogP contribution < -0.4 is 9.47 Å². The van der Waals surface area contributed by atoms with Crippen molar-refractivity contribution in [2.75, 3.05) is 6.79 Å². The van der Waals surface area contributed by atoms with Crippen LogP contribution >= 0.6 is 0 Å². The van der Waals surface area contributed by atoms with E-state index in [9.17, 15) is 9.90 Å². The van der Waals surface area contributed by atoms with Crippen molar-refractivity contribution in [3.8, 4) is 23.3 Å². The molecule has 1 aliphatic heterocycles. The summed E-state index contributed by atoms with van der Waals surface area (Å²) in [4.78, 5) is 12.2. The molecule has 1 heterocycles. The Bertz CT molecular complexity index is 1160. The lowest BCUT2D eigenvalue weighted by molar-refractivity contribution is -0.114. The summed E-state index contributed by atoms with van der Waals surface area (Å²) in [7, 11) is 0. The minimum atomic E-state index is -0.948. The van der Waals surface area contributed by atoms with Gasteiger partial charge in [0.25, 0.3) is 0 Å². The maximum absolute atomic E-state index is 12.2. The molecule has 0 saturated heterocycles. The van der Waals surface area contributed by atoms with Gasteiger partial charge in [-0.2, -0.15) is 0 Å². The molecule has 4 aliphatic carbocycles. The summed E-state index contributed by atoms with van der Waals surface area (Å²) in [6, 6.07) is 6.34. The van der Waals surface area contributed by atoms with E-state index in [1.54, 1.807) is 0 Å². The Kier molecular flexibility index (Phi) is 5.19. The minimum absolute atomic E-state index is 0.185. The van der Waals surface area contributed by atoms with E-state index in [-0.39, 0.29) is 23.9 Å². The van der Waals surface area contributed by atoms with Crippen molar-refractivity contribution in [3.63, 3.8) is 0 Å². The van der Waals surface area contributed by atoms with Gasteiger partial charge in [-0.05, 0) is 91.7 Å². The highest BCUT2D eigenvalue weighted by molar-refractivity contribution is 5.93. The molecular weight excluding hydrogens is 424 g/mol. The Morgan fingerprint density at radius 1 is 1.15 bits per heavy atom. The van der Waals surface area contributed by atoms with Crippen LogP contribution in [0.5, 0.6) is 11.5 Å². The standard InChI is InChI=1S/C30H34O4/c1-3-4-5-13-30(32)14-12-25-23-9-6-19-15-21(31)8-10-22(19)28(23)24(17-29(25,30)2)20-7-11-26-27(16-20)34-18-33-26/h7,11,15-16,23-25,32H,3-4,6,8-10,12,14,17-18H2,1-2H3. The van der Waals surface area contributed by atoms with Gasteiger partial charge in [0.1, 0.15) is 5.60 Å². The molecule has 34 heavy (non-hydrogen) atoms. The van der Waals surface area contributed by atoms with Gasteiger partial charge in [0.05, 0.1) is 0 Å². The number of ether oxygens (including phenoxy) is 2. The van der Waals surface area contributed by atoms with Gasteiger partial charge in [-0.3, -0.25) is 4.79 Å². The van der Waals surface area contributed by atoms with E-state index in [4.69, 9.17) is 9.47 Å². The molecule has 5 atom stereocenters. The van der Waals surface area contributed by atoms with Crippen molar-refractivity contribution in [1.82, 2.24) is 0 Å². The molecule has 0 aromatic heterocycles. The van der Waals surface area contributed by atoms with E-state index in [2.05, 4.69) is 37.8 Å². The topological polar surface area (TPSA) is 55.8 Å². The molecule has 5 aliphatic rings. The molecule has 0 amide bonds. The lowest BCUT2D eigenvalue weighted by Crippen LogP contribution is -2.51. The van der Waals surface area contributed by atoms with Crippen molar-refractivity contribution in [3.05, 3.63) is 46.6 Å². The fourth-order valence-electron chi connectivity index (χ4n) is 7.63. The second-order valence-electron chi connectivity index (χ2n) is 11.1. The quantitative estimate of drug-likeness (QED) is 0.565. The first-order chi connectivity index (χ1) is 16.4. The third kappa shape index (κ3) is 3.20. The van der Waals surface area contributed by atoms with Crippen LogP contribution in [-0.2, 0) is 4.79 Å². The van der Waals surface area contributed by atoms with Gasteiger partial charge in [0.2, 0.25) is 6.79 Å². The molecule has 1 aromatic rings.